The largest absolute Gasteiger partial charge is 0.0683 e. The summed E-state index contributed by atoms with van der Waals surface area (Å²) in [7, 11) is 0. The summed E-state index contributed by atoms with van der Waals surface area (Å²) in [6.45, 7) is 4.00. The van der Waals surface area contributed by atoms with Gasteiger partial charge in [0.05, 0.1) is 0 Å². The molecule has 0 spiro atoms. The minimum atomic E-state index is 1.42. The molecule has 0 fully saturated rings. The Kier molecular flexibility index (Phi) is 1.18. The van der Waals surface area contributed by atoms with Crippen LogP contribution in [-0.4, -0.2) is 0 Å². The van der Waals surface area contributed by atoms with Crippen LogP contribution < -0.4 is 0 Å². The zero-order valence-corrected chi connectivity index (χ0v) is 5.12. The van der Waals surface area contributed by atoms with E-state index in [4.69, 9.17) is 0 Å². The summed E-state index contributed by atoms with van der Waals surface area (Å²) >= 11 is 0. The molecule has 7 heavy (non-hydrogen) atoms. The number of hydrogen-bond donors (Lipinski definition) is 0. The molecule has 0 aromatic heterocycles. The molecule has 0 nitrogen and oxygen atoms in total. The smallest absolute Gasteiger partial charge is 0.0103 e. The lowest BCUT2D eigenvalue weighted by Crippen LogP contribution is -1.71. The normalized spacial score (nSPS) is 21.4. The van der Waals surface area contributed by atoms with Crippen LogP contribution in [0.1, 0.15) is 33.1 Å². The Balaban J connectivity index is 0.000000112. The van der Waals surface area contributed by atoms with E-state index in [1.54, 1.807) is 11.1 Å². The van der Waals surface area contributed by atoms with Crippen molar-refractivity contribution in [2.45, 2.75) is 33.1 Å². The maximum atomic E-state index is 2.00. The number of hydrogen-bond acceptors (Lipinski definition) is 0. The van der Waals surface area contributed by atoms with Crippen LogP contribution >= 0.6 is 0 Å². The SMILES string of the molecule is C1CC2=C1C2.CC. The van der Waals surface area contributed by atoms with Crippen molar-refractivity contribution in [3.63, 3.8) is 0 Å². The topological polar surface area (TPSA) is 0 Å². The summed E-state index contributed by atoms with van der Waals surface area (Å²) in [5.74, 6) is 0. The van der Waals surface area contributed by atoms with E-state index in [9.17, 15) is 0 Å². The van der Waals surface area contributed by atoms with Gasteiger partial charge in [0.25, 0.3) is 0 Å². The molecule has 0 atom stereocenters. The Labute approximate surface area is 45.2 Å². The molecule has 2 aliphatic carbocycles. The monoisotopic (exact) mass is 96.1 g/mol. The Hall–Kier alpha value is -0.260. The molecule has 0 saturated carbocycles. The lowest BCUT2D eigenvalue weighted by atomic mass is 10.1. The molecule has 0 heterocycles. The minimum absolute atomic E-state index is 1.42. The first-order valence-electron chi connectivity index (χ1n) is 3.16. The highest BCUT2D eigenvalue weighted by Gasteiger charge is 2.28. The first kappa shape index (κ1) is 4.89. The van der Waals surface area contributed by atoms with Crippen LogP contribution in [0.5, 0.6) is 0 Å². The lowest BCUT2D eigenvalue weighted by Gasteiger charge is -1.91. The van der Waals surface area contributed by atoms with Gasteiger partial charge in [0, 0.05) is 0 Å². The fourth-order valence-electron chi connectivity index (χ4n) is 0.869. The van der Waals surface area contributed by atoms with Crippen molar-refractivity contribution in [2.75, 3.05) is 0 Å². The van der Waals surface area contributed by atoms with Gasteiger partial charge in [-0.1, -0.05) is 25.0 Å². The van der Waals surface area contributed by atoms with Gasteiger partial charge < -0.3 is 0 Å². The van der Waals surface area contributed by atoms with E-state index in [1.165, 1.54) is 19.3 Å². The summed E-state index contributed by atoms with van der Waals surface area (Å²) in [6.07, 6.45) is 4.30. The standard InChI is InChI=1S/C5H6.C2H6/c1-2-5-3-4(1)5;1-2/h1-3H2;1-2H3. The van der Waals surface area contributed by atoms with Crippen molar-refractivity contribution in [1.29, 1.82) is 0 Å². The summed E-state index contributed by atoms with van der Waals surface area (Å²) in [6, 6.07) is 0. The fraction of sp³-hybridized carbons (Fsp3) is 0.714. The molecule has 0 aromatic carbocycles. The lowest BCUT2D eigenvalue weighted by molar-refractivity contribution is 0.962. The molecule has 0 bridgehead atoms. The van der Waals surface area contributed by atoms with Gasteiger partial charge in [-0.2, -0.15) is 0 Å². The Morgan fingerprint density at radius 3 is 1.43 bits per heavy atom. The quantitative estimate of drug-likeness (QED) is 0.406. The first-order chi connectivity index (χ1) is 3.47. The minimum Gasteiger partial charge on any atom is -0.0683 e. The summed E-state index contributed by atoms with van der Waals surface area (Å²) < 4.78 is 0. The number of allylic oxidation sites excluding steroid dienone is 2. The van der Waals surface area contributed by atoms with Crippen LogP contribution in [-0.2, 0) is 0 Å². The van der Waals surface area contributed by atoms with Crippen molar-refractivity contribution in [3.8, 4) is 0 Å². The van der Waals surface area contributed by atoms with Gasteiger partial charge in [0.2, 0.25) is 0 Å². The summed E-state index contributed by atoms with van der Waals surface area (Å²) in [5.41, 5.74) is 3.54. The second-order valence-electron chi connectivity index (χ2n) is 1.88. The molecule has 0 aromatic rings. The summed E-state index contributed by atoms with van der Waals surface area (Å²) in [4.78, 5) is 0. The average molecular weight is 96.2 g/mol. The molecule has 2 aliphatic rings. The predicted molar refractivity (Wildman–Crippen MR) is 32.2 cm³/mol. The molecule has 0 aliphatic heterocycles. The molecular weight excluding hydrogens is 84.1 g/mol. The summed E-state index contributed by atoms with van der Waals surface area (Å²) in [5, 5.41) is 0. The Morgan fingerprint density at radius 1 is 1.00 bits per heavy atom. The van der Waals surface area contributed by atoms with Crippen LogP contribution in [0.3, 0.4) is 0 Å². The molecule has 0 radical (unpaired) electrons. The molecule has 40 valence electrons. The zero-order chi connectivity index (χ0) is 5.28. The van der Waals surface area contributed by atoms with E-state index < -0.39 is 0 Å². The highest BCUT2D eigenvalue weighted by Crippen LogP contribution is 2.47. The van der Waals surface area contributed by atoms with E-state index in [0.29, 0.717) is 0 Å². The van der Waals surface area contributed by atoms with E-state index in [1.807, 2.05) is 13.8 Å². The highest BCUT2D eigenvalue weighted by molar-refractivity contribution is 5.43. The molecule has 0 N–H and O–H groups in total. The average Bonchev–Trinajstić information content (AvgIpc) is 2.21. The first-order valence-corrected chi connectivity index (χ1v) is 3.16. The van der Waals surface area contributed by atoms with Crippen molar-refractivity contribution >= 4 is 0 Å². The van der Waals surface area contributed by atoms with E-state index >= 15 is 0 Å². The molecular formula is C7H12. The fourth-order valence-corrected chi connectivity index (χ4v) is 0.869. The van der Waals surface area contributed by atoms with Gasteiger partial charge in [0.1, 0.15) is 0 Å². The third-order valence-corrected chi connectivity index (χ3v) is 1.53. The maximum Gasteiger partial charge on any atom is -0.0103 e. The van der Waals surface area contributed by atoms with Crippen molar-refractivity contribution in [2.24, 2.45) is 0 Å². The third-order valence-electron chi connectivity index (χ3n) is 1.53. The Bertz CT molecular complexity index is 86.6. The van der Waals surface area contributed by atoms with E-state index in [-0.39, 0.29) is 0 Å². The molecule has 0 amide bonds. The third kappa shape index (κ3) is 0.696. The molecule has 0 saturated heterocycles. The van der Waals surface area contributed by atoms with Crippen LogP contribution in [0.25, 0.3) is 0 Å². The highest BCUT2D eigenvalue weighted by atomic mass is 14.3. The Morgan fingerprint density at radius 2 is 1.43 bits per heavy atom. The molecule has 2 rings (SSSR count). The van der Waals surface area contributed by atoms with E-state index in [2.05, 4.69) is 0 Å². The van der Waals surface area contributed by atoms with Gasteiger partial charge in [-0.05, 0) is 19.3 Å². The van der Waals surface area contributed by atoms with Crippen molar-refractivity contribution < 1.29 is 0 Å². The van der Waals surface area contributed by atoms with Crippen LogP contribution in [0, 0.1) is 0 Å². The van der Waals surface area contributed by atoms with Gasteiger partial charge >= 0.3 is 0 Å². The second-order valence-corrected chi connectivity index (χ2v) is 1.88. The van der Waals surface area contributed by atoms with Gasteiger partial charge in [-0.25, -0.2) is 0 Å². The van der Waals surface area contributed by atoms with E-state index in [0.717, 1.165) is 0 Å². The number of rotatable bonds is 0. The van der Waals surface area contributed by atoms with Crippen molar-refractivity contribution in [3.05, 3.63) is 11.1 Å². The second kappa shape index (κ2) is 1.69. The molecule has 0 heteroatoms. The zero-order valence-electron chi connectivity index (χ0n) is 5.12. The maximum absolute atomic E-state index is 2.00. The van der Waals surface area contributed by atoms with Crippen LogP contribution in [0.15, 0.2) is 11.1 Å². The van der Waals surface area contributed by atoms with Gasteiger partial charge in [-0.3, -0.25) is 0 Å². The predicted octanol–water partition coefficient (Wildman–Crippen LogP) is 2.51. The van der Waals surface area contributed by atoms with Crippen molar-refractivity contribution in [1.82, 2.24) is 0 Å². The van der Waals surface area contributed by atoms with Crippen LogP contribution in [0.4, 0.5) is 0 Å². The van der Waals surface area contributed by atoms with Crippen LogP contribution in [0.2, 0.25) is 0 Å². The molecule has 0 unspecified atom stereocenters. The van der Waals surface area contributed by atoms with Gasteiger partial charge in [-0.15, -0.1) is 0 Å². The van der Waals surface area contributed by atoms with Gasteiger partial charge in [0.15, 0.2) is 0 Å².